The Morgan fingerprint density at radius 2 is 1.78 bits per heavy atom. The number of thioether (sulfide) groups is 1. The van der Waals surface area contributed by atoms with Crippen LogP contribution >= 0.6 is 23.1 Å². The van der Waals surface area contributed by atoms with Gasteiger partial charge in [0.2, 0.25) is 11.0 Å². The minimum absolute atomic E-state index is 0.0592. The molecule has 0 unspecified atom stereocenters. The van der Waals surface area contributed by atoms with E-state index in [1.807, 2.05) is 24.3 Å². The van der Waals surface area contributed by atoms with E-state index in [0.717, 1.165) is 21.9 Å². The normalized spacial score (nSPS) is 16.8. The van der Waals surface area contributed by atoms with E-state index < -0.39 is 0 Å². The van der Waals surface area contributed by atoms with Crippen LogP contribution in [-0.2, 0) is 4.79 Å². The predicted octanol–water partition coefficient (Wildman–Crippen LogP) is 4.61. The fraction of sp³-hybridized carbons (Fsp3) is 0.250. The molecule has 1 amide bonds. The SMILES string of the molecule is COc1ccc([C@H]2SCC(=O)N2c2nnc(-c3cc(C)cc(C)c3)s2)cc1. The van der Waals surface area contributed by atoms with Gasteiger partial charge >= 0.3 is 0 Å². The summed E-state index contributed by atoms with van der Waals surface area (Å²) in [5, 5.41) is 10.1. The molecular formula is C20H19N3O2S2. The molecule has 2 aromatic carbocycles. The minimum Gasteiger partial charge on any atom is -0.497 e. The fourth-order valence-corrected chi connectivity index (χ4v) is 5.27. The highest BCUT2D eigenvalue weighted by atomic mass is 32.2. The number of carbonyl (C=O) groups is 1. The number of ether oxygens (including phenoxy) is 1. The summed E-state index contributed by atoms with van der Waals surface area (Å²) in [7, 11) is 1.64. The maximum atomic E-state index is 12.6. The molecule has 0 radical (unpaired) electrons. The first-order valence-electron chi connectivity index (χ1n) is 8.55. The van der Waals surface area contributed by atoms with E-state index in [2.05, 4.69) is 42.2 Å². The third-order valence-corrected chi connectivity index (χ3v) is 6.54. The molecule has 0 N–H and O–H groups in total. The Bertz CT molecular complexity index is 965. The monoisotopic (exact) mass is 397 g/mol. The lowest BCUT2D eigenvalue weighted by molar-refractivity contribution is -0.115. The Morgan fingerprint density at radius 3 is 2.44 bits per heavy atom. The van der Waals surface area contributed by atoms with Gasteiger partial charge in [-0.25, -0.2) is 0 Å². The Morgan fingerprint density at radius 1 is 1.07 bits per heavy atom. The molecule has 138 valence electrons. The maximum Gasteiger partial charge on any atom is 0.240 e. The van der Waals surface area contributed by atoms with Crippen molar-refractivity contribution in [3.8, 4) is 16.3 Å². The van der Waals surface area contributed by atoms with Crippen LogP contribution in [0, 0.1) is 13.8 Å². The first kappa shape index (κ1) is 18.0. The molecule has 1 saturated heterocycles. The van der Waals surface area contributed by atoms with E-state index >= 15 is 0 Å². The van der Waals surface area contributed by atoms with Crippen LogP contribution in [0.5, 0.6) is 5.75 Å². The van der Waals surface area contributed by atoms with Crippen molar-refractivity contribution in [2.45, 2.75) is 19.2 Å². The summed E-state index contributed by atoms with van der Waals surface area (Å²) in [6.07, 6.45) is 0. The van der Waals surface area contributed by atoms with Crippen molar-refractivity contribution in [3.05, 3.63) is 59.2 Å². The second kappa shape index (κ2) is 7.32. The number of aromatic nitrogens is 2. The van der Waals surface area contributed by atoms with Gasteiger partial charge in [0, 0.05) is 5.56 Å². The zero-order chi connectivity index (χ0) is 19.0. The number of amides is 1. The van der Waals surface area contributed by atoms with Crippen LogP contribution in [0.4, 0.5) is 5.13 Å². The number of benzene rings is 2. The molecule has 0 bridgehead atoms. The van der Waals surface area contributed by atoms with Crippen molar-refractivity contribution >= 4 is 34.1 Å². The highest BCUT2D eigenvalue weighted by molar-refractivity contribution is 8.00. The zero-order valence-corrected chi connectivity index (χ0v) is 16.9. The molecule has 0 aliphatic carbocycles. The average Bonchev–Trinajstić information content (AvgIpc) is 3.27. The molecule has 1 fully saturated rings. The maximum absolute atomic E-state index is 12.6. The Labute approximate surface area is 166 Å². The molecular weight excluding hydrogens is 378 g/mol. The van der Waals surface area contributed by atoms with Crippen molar-refractivity contribution in [3.63, 3.8) is 0 Å². The first-order valence-corrected chi connectivity index (χ1v) is 10.4. The van der Waals surface area contributed by atoms with Crippen molar-refractivity contribution in [2.75, 3.05) is 17.8 Å². The van der Waals surface area contributed by atoms with Gasteiger partial charge in [0.15, 0.2) is 0 Å². The highest BCUT2D eigenvalue weighted by Gasteiger charge is 2.36. The lowest BCUT2D eigenvalue weighted by atomic mass is 10.1. The predicted molar refractivity (Wildman–Crippen MR) is 110 cm³/mol. The number of hydrogen-bond donors (Lipinski definition) is 0. The molecule has 27 heavy (non-hydrogen) atoms. The van der Waals surface area contributed by atoms with Crippen LogP contribution in [0.25, 0.3) is 10.6 Å². The quantitative estimate of drug-likeness (QED) is 0.643. The van der Waals surface area contributed by atoms with Crippen LogP contribution in [0.1, 0.15) is 22.1 Å². The summed E-state index contributed by atoms with van der Waals surface area (Å²) in [6.45, 7) is 4.14. The molecule has 1 aliphatic heterocycles. The molecule has 3 aromatic rings. The van der Waals surface area contributed by atoms with E-state index in [4.69, 9.17) is 4.74 Å². The Hall–Kier alpha value is -2.38. The fourth-order valence-electron chi connectivity index (χ4n) is 3.17. The van der Waals surface area contributed by atoms with E-state index in [-0.39, 0.29) is 11.3 Å². The second-order valence-electron chi connectivity index (χ2n) is 6.47. The van der Waals surface area contributed by atoms with Crippen LogP contribution in [-0.4, -0.2) is 29.0 Å². The van der Waals surface area contributed by atoms with Crippen molar-refractivity contribution < 1.29 is 9.53 Å². The van der Waals surface area contributed by atoms with Crippen LogP contribution in [0.3, 0.4) is 0 Å². The van der Waals surface area contributed by atoms with E-state index in [0.29, 0.717) is 10.9 Å². The zero-order valence-electron chi connectivity index (χ0n) is 15.3. The minimum atomic E-state index is -0.0940. The largest absolute Gasteiger partial charge is 0.497 e. The summed E-state index contributed by atoms with van der Waals surface area (Å²) in [5.74, 6) is 1.30. The number of nitrogens with zero attached hydrogens (tertiary/aromatic N) is 3. The van der Waals surface area contributed by atoms with Gasteiger partial charge in [-0.1, -0.05) is 40.7 Å². The number of hydrogen-bond acceptors (Lipinski definition) is 6. The molecule has 0 saturated carbocycles. The number of carbonyl (C=O) groups excluding carboxylic acids is 1. The Balaban J connectivity index is 1.66. The average molecular weight is 398 g/mol. The third kappa shape index (κ3) is 3.57. The van der Waals surface area contributed by atoms with Gasteiger partial charge in [-0.2, -0.15) is 0 Å². The molecule has 5 nitrogen and oxygen atoms in total. The third-order valence-electron chi connectivity index (χ3n) is 4.36. The van der Waals surface area contributed by atoms with Gasteiger partial charge in [0.05, 0.1) is 12.9 Å². The van der Waals surface area contributed by atoms with Gasteiger partial charge in [-0.05, 0) is 43.7 Å². The number of rotatable bonds is 4. The topological polar surface area (TPSA) is 55.3 Å². The molecule has 4 rings (SSSR count). The summed E-state index contributed by atoms with van der Waals surface area (Å²) in [4.78, 5) is 14.3. The smallest absolute Gasteiger partial charge is 0.240 e. The van der Waals surface area contributed by atoms with E-state index in [1.54, 1.807) is 23.8 Å². The summed E-state index contributed by atoms with van der Waals surface area (Å²) in [5.41, 5.74) is 4.46. The molecule has 7 heteroatoms. The molecule has 0 spiro atoms. The summed E-state index contributed by atoms with van der Waals surface area (Å²) in [6, 6.07) is 14.1. The molecule has 1 atom stereocenters. The van der Waals surface area contributed by atoms with Crippen molar-refractivity contribution in [1.82, 2.24) is 10.2 Å². The van der Waals surface area contributed by atoms with Crippen molar-refractivity contribution in [1.29, 1.82) is 0 Å². The number of aryl methyl sites for hydroxylation is 2. The van der Waals surface area contributed by atoms with Gasteiger partial charge in [-0.3, -0.25) is 9.69 Å². The van der Waals surface area contributed by atoms with Gasteiger partial charge in [0.25, 0.3) is 0 Å². The summed E-state index contributed by atoms with van der Waals surface area (Å²) >= 11 is 3.06. The lowest BCUT2D eigenvalue weighted by Crippen LogP contribution is -2.27. The second-order valence-corrected chi connectivity index (χ2v) is 8.49. The standard InChI is InChI=1S/C20H19N3O2S2/c1-12-8-13(2)10-15(9-12)18-21-22-20(27-18)23-17(24)11-26-19(23)14-4-6-16(25-3)7-5-14/h4-10,19H,11H2,1-3H3/t19-/m1/s1. The van der Waals surface area contributed by atoms with Crippen LogP contribution in [0.15, 0.2) is 42.5 Å². The lowest BCUT2D eigenvalue weighted by Gasteiger charge is -2.21. The van der Waals surface area contributed by atoms with E-state index in [1.165, 1.54) is 22.5 Å². The van der Waals surface area contributed by atoms with Crippen molar-refractivity contribution in [2.24, 2.45) is 0 Å². The number of anilines is 1. The molecule has 1 aliphatic rings. The van der Waals surface area contributed by atoms with Gasteiger partial charge in [0.1, 0.15) is 16.1 Å². The highest BCUT2D eigenvalue weighted by Crippen LogP contribution is 2.44. The Kier molecular flexibility index (Phi) is 4.88. The molecule has 2 heterocycles. The van der Waals surface area contributed by atoms with Gasteiger partial charge < -0.3 is 4.74 Å². The first-order chi connectivity index (χ1) is 13.0. The van der Waals surface area contributed by atoms with E-state index in [9.17, 15) is 4.79 Å². The van der Waals surface area contributed by atoms with Crippen LogP contribution < -0.4 is 9.64 Å². The van der Waals surface area contributed by atoms with Crippen LogP contribution in [0.2, 0.25) is 0 Å². The van der Waals surface area contributed by atoms with Gasteiger partial charge in [-0.15, -0.1) is 22.0 Å². The summed E-state index contributed by atoms with van der Waals surface area (Å²) < 4.78 is 5.23. The number of methoxy groups -OCH3 is 1. The molecule has 1 aromatic heterocycles.